The van der Waals surface area contributed by atoms with Gasteiger partial charge in [-0.25, -0.2) is 4.79 Å². The summed E-state index contributed by atoms with van der Waals surface area (Å²) in [5.41, 5.74) is 1.28. The molecule has 0 spiro atoms. The summed E-state index contributed by atoms with van der Waals surface area (Å²) < 4.78 is 0. The summed E-state index contributed by atoms with van der Waals surface area (Å²) in [6.45, 7) is 6.15. The average molecular weight is 443 g/mol. The number of nitrogens with one attached hydrogen (secondary N) is 1. The molecule has 1 N–H and O–H groups in total. The number of benzene rings is 1. The molecule has 1 fully saturated rings. The number of amides is 2. The van der Waals surface area contributed by atoms with E-state index in [2.05, 4.69) is 32.6 Å². The van der Waals surface area contributed by atoms with Gasteiger partial charge in [-0.1, -0.05) is 18.2 Å². The predicted molar refractivity (Wildman–Crippen MR) is 128 cm³/mol. The van der Waals surface area contributed by atoms with E-state index in [1.807, 2.05) is 42.5 Å². The number of anilines is 1. The van der Waals surface area contributed by atoms with Crippen LogP contribution in [0.1, 0.15) is 35.0 Å². The van der Waals surface area contributed by atoms with E-state index in [-0.39, 0.29) is 17.9 Å². The first kappa shape index (κ1) is 23.4. The van der Waals surface area contributed by atoms with Gasteiger partial charge in [0.25, 0.3) is 0 Å². The van der Waals surface area contributed by atoms with E-state index in [1.165, 1.54) is 11.8 Å². The van der Waals surface area contributed by atoms with Gasteiger partial charge < -0.3 is 20.0 Å². The minimum atomic E-state index is -0.0837. The second kappa shape index (κ2) is 11.4. The van der Waals surface area contributed by atoms with Gasteiger partial charge in [0.15, 0.2) is 5.78 Å². The number of rotatable bonds is 9. The summed E-state index contributed by atoms with van der Waals surface area (Å²) in [5.74, 6) is -0.00418. The van der Waals surface area contributed by atoms with E-state index in [1.54, 1.807) is 12.1 Å². The highest BCUT2D eigenvalue weighted by molar-refractivity contribution is 7.09. The molecule has 6 nitrogen and oxygen atoms in total. The van der Waals surface area contributed by atoms with Crippen molar-refractivity contribution in [2.75, 3.05) is 52.1 Å². The molecule has 0 atom stereocenters. The molecule has 2 aromatic rings. The van der Waals surface area contributed by atoms with Crippen LogP contribution in [0.4, 0.5) is 10.5 Å². The van der Waals surface area contributed by atoms with E-state index < -0.39 is 0 Å². The molecular weight excluding hydrogens is 408 g/mol. The van der Waals surface area contributed by atoms with Crippen molar-refractivity contribution >= 4 is 28.8 Å². The second-order valence-electron chi connectivity index (χ2n) is 8.47. The number of hydrogen-bond donors (Lipinski definition) is 1. The van der Waals surface area contributed by atoms with Crippen molar-refractivity contribution in [2.24, 2.45) is 0 Å². The molecule has 0 aliphatic carbocycles. The third-order valence-corrected chi connectivity index (χ3v) is 6.76. The number of ketones is 1. The fourth-order valence-corrected chi connectivity index (χ4v) is 4.64. The maximum absolute atomic E-state index is 13.2. The number of likely N-dealkylation sites (N-methyl/N-ethyl adjacent to an activating group) is 1. The summed E-state index contributed by atoms with van der Waals surface area (Å²) in [4.78, 5) is 32.9. The van der Waals surface area contributed by atoms with E-state index in [9.17, 15) is 9.59 Å². The summed E-state index contributed by atoms with van der Waals surface area (Å²) in [5, 5.41) is 5.15. The average Bonchev–Trinajstić information content (AvgIpc) is 3.27. The lowest BCUT2D eigenvalue weighted by atomic mass is 10.0. The second-order valence-corrected chi connectivity index (χ2v) is 9.50. The Hall–Kier alpha value is -2.22. The molecule has 0 unspecified atom stereocenters. The van der Waals surface area contributed by atoms with Gasteiger partial charge in [-0.3, -0.25) is 4.79 Å². The number of carbonyl (C=O) groups is 2. The van der Waals surface area contributed by atoms with Crippen molar-refractivity contribution in [3.05, 3.63) is 52.2 Å². The molecule has 1 saturated heterocycles. The Balaban J connectivity index is 1.58. The van der Waals surface area contributed by atoms with Crippen LogP contribution in [-0.4, -0.2) is 79.4 Å². The van der Waals surface area contributed by atoms with E-state index >= 15 is 0 Å². The molecule has 0 bridgehead atoms. The van der Waals surface area contributed by atoms with Gasteiger partial charge in [0.2, 0.25) is 0 Å². The quantitative estimate of drug-likeness (QED) is 0.595. The van der Waals surface area contributed by atoms with Crippen molar-refractivity contribution in [3.8, 4) is 0 Å². The van der Waals surface area contributed by atoms with Crippen molar-refractivity contribution in [1.82, 2.24) is 14.7 Å². The maximum atomic E-state index is 13.2. The van der Waals surface area contributed by atoms with Gasteiger partial charge in [-0.15, -0.1) is 11.3 Å². The molecule has 2 amide bonds. The lowest BCUT2D eigenvalue weighted by Gasteiger charge is -2.39. The highest BCUT2D eigenvalue weighted by Gasteiger charge is 2.28. The van der Waals surface area contributed by atoms with Gasteiger partial charge in [0.1, 0.15) is 0 Å². The van der Waals surface area contributed by atoms with Crippen molar-refractivity contribution in [1.29, 1.82) is 0 Å². The van der Waals surface area contributed by atoms with Crippen LogP contribution in [0.3, 0.4) is 0 Å². The number of thiophene rings is 1. The fourth-order valence-electron chi connectivity index (χ4n) is 3.95. The molecular formula is C24H34N4O2S. The van der Waals surface area contributed by atoms with Crippen LogP contribution in [0.25, 0.3) is 0 Å². The lowest BCUT2D eigenvalue weighted by molar-refractivity contribution is 0.101. The maximum Gasteiger partial charge on any atom is 0.322 e. The molecule has 31 heavy (non-hydrogen) atoms. The van der Waals surface area contributed by atoms with Crippen LogP contribution >= 0.6 is 11.3 Å². The Labute approximate surface area is 189 Å². The molecule has 1 aliphatic heterocycles. The molecule has 7 heteroatoms. The van der Waals surface area contributed by atoms with Crippen LogP contribution in [0.2, 0.25) is 0 Å². The molecule has 1 aromatic heterocycles. The number of piperidine rings is 1. The molecule has 1 aliphatic rings. The van der Waals surface area contributed by atoms with Gasteiger partial charge >= 0.3 is 6.03 Å². The lowest BCUT2D eigenvalue weighted by Crippen LogP contribution is -2.50. The topological polar surface area (TPSA) is 55.9 Å². The van der Waals surface area contributed by atoms with Crippen molar-refractivity contribution < 1.29 is 9.59 Å². The number of hydrogen-bond acceptors (Lipinski definition) is 5. The Morgan fingerprint density at radius 3 is 2.55 bits per heavy atom. The highest BCUT2D eigenvalue weighted by Crippen LogP contribution is 2.20. The summed E-state index contributed by atoms with van der Waals surface area (Å²) in [7, 11) is 4.05. The zero-order valence-corrected chi connectivity index (χ0v) is 19.7. The molecule has 0 radical (unpaired) electrons. The molecule has 0 saturated carbocycles. The van der Waals surface area contributed by atoms with Gasteiger partial charge in [0.05, 0.1) is 0 Å². The normalized spacial score (nSPS) is 15.2. The Kier molecular flexibility index (Phi) is 8.63. The number of nitrogens with zero attached hydrogens (tertiary/aromatic N) is 3. The van der Waals surface area contributed by atoms with Gasteiger partial charge in [0, 0.05) is 54.9 Å². The van der Waals surface area contributed by atoms with E-state index in [0.717, 1.165) is 45.4 Å². The van der Waals surface area contributed by atoms with Gasteiger partial charge in [-0.05, 0) is 63.9 Å². The first-order valence-corrected chi connectivity index (χ1v) is 11.9. The van der Waals surface area contributed by atoms with Crippen molar-refractivity contribution in [3.63, 3.8) is 0 Å². The van der Waals surface area contributed by atoms with Crippen LogP contribution < -0.4 is 5.32 Å². The van der Waals surface area contributed by atoms with Gasteiger partial charge in [-0.2, -0.15) is 0 Å². The number of likely N-dealkylation sites (tertiary alicyclic amines) is 1. The Bertz CT molecular complexity index is 845. The Morgan fingerprint density at radius 1 is 1.13 bits per heavy atom. The minimum absolute atomic E-state index is 0.00418. The molecule has 3 rings (SSSR count). The van der Waals surface area contributed by atoms with Crippen LogP contribution in [0, 0.1) is 0 Å². The standard InChI is InChI=1S/C24H34N4O2S/c1-19(29)20-6-4-7-21(18-20)25-24(30)28(16-15-26(2)3)22-9-12-27(13-10-22)14-11-23-8-5-17-31-23/h4-8,17-18,22H,9-16H2,1-3H3,(H,25,30). The molecule has 2 heterocycles. The van der Waals surface area contributed by atoms with E-state index in [0.29, 0.717) is 17.8 Å². The predicted octanol–water partition coefficient (Wildman–Crippen LogP) is 4.05. The van der Waals surface area contributed by atoms with E-state index in [4.69, 9.17) is 0 Å². The molecule has 1 aromatic carbocycles. The first-order valence-electron chi connectivity index (χ1n) is 11.0. The van der Waals surface area contributed by atoms with Crippen LogP contribution in [-0.2, 0) is 6.42 Å². The number of Topliss-reactive ketones (excluding diaryl/α,β-unsaturated/α-hetero) is 1. The smallest absolute Gasteiger partial charge is 0.320 e. The third-order valence-electron chi connectivity index (χ3n) is 5.82. The third kappa shape index (κ3) is 7.16. The summed E-state index contributed by atoms with van der Waals surface area (Å²) in [6, 6.07) is 11.6. The first-order chi connectivity index (χ1) is 14.9. The number of urea groups is 1. The molecule has 168 valence electrons. The Morgan fingerprint density at radius 2 is 1.90 bits per heavy atom. The summed E-state index contributed by atoms with van der Waals surface area (Å²) in [6.07, 6.45) is 3.07. The van der Waals surface area contributed by atoms with Crippen LogP contribution in [0.5, 0.6) is 0 Å². The summed E-state index contributed by atoms with van der Waals surface area (Å²) >= 11 is 1.82. The largest absolute Gasteiger partial charge is 0.322 e. The number of carbonyl (C=O) groups excluding carboxylic acids is 2. The fraction of sp³-hybridized carbons (Fsp3) is 0.500. The highest BCUT2D eigenvalue weighted by atomic mass is 32.1. The SMILES string of the molecule is CC(=O)c1cccc(NC(=O)N(CCN(C)C)C2CCN(CCc3cccs3)CC2)c1. The zero-order valence-electron chi connectivity index (χ0n) is 18.8. The minimum Gasteiger partial charge on any atom is -0.320 e. The van der Waals surface area contributed by atoms with Crippen molar-refractivity contribution in [2.45, 2.75) is 32.2 Å². The zero-order chi connectivity index (χ0) is 22.2. The van der Waals surface area contributed by atoms with Crippen LogP contribution in [0.15, 0.2) is 41.8 Å². The monoisotopic (exact) mass is 442 g/mol.